The Morgan fingerprint density at radius 3 is 2.69 bits per heavy atom. The Hall–Kier alpha value is -2.95. The summed E-state index contributed by atoms with van der Waals surface area (Å²) in [5.74, 6) is -0.435. The van der Waals surface area contributed by atoms with Crippen molar-refractivity contribution in [3.8, 4) is 11.3 Å². The number of aromatic nitrogens is 1. The molecule has 3 aromatic carbocycles. The van der Waals surface area contributed by atoms with Gasteiger partial charge in [0.25, 0.3) is 5.91 Å². The summed E-state index contributed by atoms with van der Waals surface area (Å²) in [5, 5.41) is 1.75. The van der Waals surface area contributed by atoms with Gasteiger partial charge in [-0.25, -0.2) is 9.37 Å². The number of carbonyl (C=O) groups is 1. The second-order valence-corrected chi connectivity index (χ2v) is 8.88. The number of anilines is 1. The number of nitrogens with zero attached hydrogens (tertiary/aromatic N) is 2. The first kappa shape index (κ1) is 20.9. The molecule has 1 amide bonds. The number of pyridine rings is 1. The smallest absolute Gasteiger partial charge is 0.259 e. The summed E-state index contributed by atoms with van der Waals surface area (Å²) in [6.07, 6.45) is 1.50. The number of aryl methyl sites for hydroxylation is 1. The van der Waals surface area contributed by atoms with Crippen molar-refractivity contribution in [2.75, 3.05) is 4.90 Å². The quantitative estimate of drug-likeness (QED) is 0.311. The van der Waals surface area contributed by atoms with Gasteiger partial charge in [-0.2, -0.15) is 0 Å². The van der Waals surface area contributed by atoms with Crippen LogP contribution >= 0.6 is 23.2 Å². The Bertz CT molecular complexity index is 1370. The molecule has 0 saturated heterocycles. The summed E-state index contributed by atoms with van der Waals surface area (Å²) in [6.45, 7) is 2.02. The second kappa shape index (κ2) is 8.19. The zero-order chi connectivity index (χ0) is 22.4. The van der Waals surface area contributed by atoms with Crippen LogP contribution in [0.3, 0.4) is 0 Å². The predicted molar refractivity (Wildman–Crippen MR) is 128 cm³/mol. The molecule has 160 valence electrons. The van der Waals surface area contributed by atoms with E-state index in [0.717, 1.165) is 29.5 Å². The zero-order valence-electron chi connectivity index (χ0n) is 17.3. The predicted octanol–water partition coefficient (Wildman–Crippen LogP) is 7.33. The first-order valence-corrected chi connectivity index (χ1v) is 11.1. The summed E-state index contributed by atoms with van der Waals surface area (Å²) in [4.78, 5) is 20.5. The molecule has 0 fully saturated rings. The van der Waals surface area contributed by atoms with Crippen molar-refractivity contribution in [3.63, 3.8) is 0 Å². The normalized spacial score (nSPS) is 15.6. The molecule has 3 nitrogen and oxygen atoms in total. The van der Waals surface area contributed by atoms with Gasteiger partial charge < -0.3 is 4.90 Å². The average molecular weight is 465 g/mol. The molecular weight excluding hydrogens is 446 g/mol. The highest BCUT2D eigenvalue weighted by Gasteiger charge is 2.30. The van der Waals surface area contributed by atoms with Crippen molar-refractivity contribution in [2.45, 2.75) is 25.8 Å². The fourth-order valence-electron chi connectivity index (χ4n) is 4.35. The van der Waals surface area contributed by atoms with E-state index in [1.165, 1.54) is 12.1 Å². The molecule has 2 heterocycles. The van der Waals surface area contributed by atoms with Crippen molar-refractivity contribution in [2.24, 2.45) is 0 Å². The average Bonchev–Trinajstić information content (AvgIpc) is 2.78. The molecule has 1 aromatic heterocycles. The van der Waals surface area contributed by atoms with E-state index in [1.807, 2.05) is 31.2 Å². The third-order valence-electron chi connectivity index (χ3n) is 5.95. The van der Waals surface area contributed by atoms with Crippen LogP contribution in [-0.2, 0) is 6.42 Å². The van der Waals surface area contributed by atoms with Crippen molar-refractivity contribution in [3.05, 3.63) is 93.7 Å². The number of halogens is 3. The van der Waals surface area contributed by atoms with Crippen molar-refractivity contribution in [1.29, 1.82) is 0 Å². The molecule has 0 N–H and O–H groups in total. The van der Waals surface area contributed by atoms with E-state index in [1.54, 1.807) is 35.2 Å². The van der Waals surface area contributed by atoms with E-state index in [-0.39, 0.29) is 17.8 Å². The third-order valence-corrected chi connectivity index (χ3v) is 6.49. The minimum absolute atomic E-state index is 0.0186. The number of para-hydroxylation sites is 1. The lowest BCUT2D eigenvalue weighted by atomic mass is 9.94. The lowest BCUT2D eigenvalue weighted by molar-refractivity contribution is 0.0976. The molecule has 4 aromatic rings. The topological polar surface area (TPSA) is 33.2 Å². The van der Waals surface area contributed by atoms with Crippen LogP contribution in [-0.4, -0.2) is 16.9 Å². The molecule has 0 bridgehead atoms. The summed E-state index contributed by atoms with van der Waals surface area (Å²) in [7, 11) is 0. The highest BCUT2D eigenvalue weighted by molar-refractivity contribution is 6.36. The number of fused-ring (bicyclic) bond motifs is 2. The largest absolute Gasteiger partial charge is 0.305 e. The molecule has 0 spiro atoms. The first-order chi connectivity index (χ1) is 15.4. The van der Waals surface area contributed by atoms with Crippen molar-refractivity contribution in [1.82, 2.24) is 4.98 Å². The van der Waals surface area contributed by atoms with Crippen LogP contribution < -0.4 is 4.90 Å². The Balaban J connectivity index is 1.69. The zero-order valence-corrected chi connectivity index (χ0v) is 18.8. The molecule has 32 heavy (non-hydrogen) atoms. The SMILES string of the molecule is CC1CCc2cc(F)ccc2N1C(=O)c1cc(-c2ccc(Cl)cc2Cl)nc2ccccc12. The summed E-state index contributed by atoms with van der Waals surface area (Å²) in [5.41, 5.74) is 4.12. The highest BCUT2D eigenvalue weighted by Crippen LogP contribution is 2.36. The van der Waals surface area contributed by atoms with Gasteiger partial charge >= 0.3 is 0 Å². The van der Waals surface area contributed by atoms with Crippen LogP contribution in [0.5, 0.6) is 0 Å². The number of carbonyl (C=O) groups excluding carboxylic acids is 1. The van der Waals surface area contributed by atoms with E-state index in [0.29, 0.717) is 32.4 Å². The monoisotopic (exact) mass is 464 g/mol. The van der Waals surface area contributed by atoms with E-state index in [2.05, 4.69) is 0 Å². The number of amides is 1. The fraction of sp³-hybridized carbons (Fsp3) is 0.154. The lowest BCUT2D eigenvalue weighted by Crippen LogP contribution is -2.42. The highest BCUT2D eigenvalue weighted by atomic mass is 35.5. The van der Waals surface area contributed by atoms with E-state index >= 15 is 0 Å². The van der Waals surface area contributed by atoms with Gasteiger partial charge in [-0.05, 0) is 73.9 Å². The molecule has 5 rings (SSSR count). The number of rotatable bonds is 2. The van der Waals surface area contributed by atoms with Crippen molar-refractivity contribution < 1.29 is 9.18 Å². The first-order valence-electron chi connectivity index (χ1n) is 10.4. The maximum atomic E-state index is 13.9. The van der Waals surface area contributed by atoms with Crippen molar-refractivity contribution >= 4 is 45.7 Å². The Kier molecular flexibility index (Phi) is 5.36. The number of benzene rings is 3. The standard InChI is InChI=1S/C26H19Cl2FN2O/c1-15-6-7-16-12-18(29)9-11-25(16)31(15)26(32)21-14-24(20-10-8-17(27)13-22(20)28)30-23-5-3-2-4-19(21)23/h2-5,8-15H,6-7H2,1H3. The molecule has 0 aliphatic carbocycles. The molecule has 1 unspecified atom stereocenters. The van der Waals surface area contributed by atoms with Crippen LogP contribution in [0.4, 0.5) is 10.1 Å². The van der Waals surface area contributed by atoms with Crippen LogP contribution in [0.1, 0.15) is 29.3 Å². The summed E-state index contributed by atoms with van der Waals surface area (Å²) >= 11 is 12.5. The minimum Gasteiger partial charge on any atom is -0.305 e. The number of hydrogen-bond donors (Lipinski definition) is 0. The summed E-state index contributed by atoms with van der Waals surface area (Å²) < 4.78 is 13.8. The van der Waals surface area contributed by atoms with E-state index < -0.39 is 0 Å². The van der Waals surface area contributed by atoms with Gasteiger partial charge in [0, 0.05) is 27.7 Å². The van der Waals surface area contributed by atoms with Gasteiger partial charge in [0.05, 0.1) is 21.8 Å². The lowest BCUT2D eigenvalue weighted by Gasteiger charge is -2.35. The minimum atomic E-state index is -0.292. The number of hydrogen-bond acceptors (Lipinski definition) is 2. The molecular formula is C26H19Cl2FN2O. The molecule has 0 radical (unpaired) electrons. The third kappa shape index (κ3) is 3.64. The van der Waals surface area contributed by atoms with Crippen LogP contribution in [0, 0.1) is 5.82 Å². The van der Waals surface area contributed by atoms with Crippen LogP contribution in [0.2, 0.25) is 10.0 Å². The fourth-order valence-corrected chi connectivity index (χ4v) is 4.85. The molecule has 1 atom stereocenters. The maximum Gasteiger partial charge on any atom is 0.259 e. The Labute approximate surface area is 195 Å². The molecule has 0 saturated carbocycles. The molecule has 1 aliphatic heterocycles. The van der Waals surface area contributed by atoms with E-state index in [4.69, 9.17) is 28.2 Å². The van der Waals surface area contributed by atoms with Crippen LogP contribution in [0.25, 0.3) is 22.2 Å². The van der Waals surface area contributed by atoms with Gasteiger partial charge in [-0.15, -0.1) is 0 Å². The molecule has 1 aliphatic rings. The Morgan fingerprint density at radius 2 is 1.88 bits per heavy atom. The van der Waals surface area contributed by atoms with Gasteiger partial charge in [-0.1, -0.05) is 41.4 Å². The summed E-state index contributed by atoms with van der Waals surface area (Å²) in [6, 6.07) is 19.1. The van der Waals surface area contributed by atoms with Crippen LogP contribution in [0.15, 0.2) is 66.7 Å². The molecule has 6 heteroatoms. The van der Waals surface area contributed by atoms with E-state index in [9.17, 15) is 9.18 Å². The van der Waals surface area contributed by atoms with Gasteiger partial charge in [-0.3, -0.25) is 4.79 Å². The van der Waals surface area contributed by atoms with Gasteiger partial charge in [0.15, 0.2) is 0 Å². The maximum absolute atomic E-state index is 13.9. The second-order valence-electron chi connectivity index (χ2n) is 8.03. The van der Waals surface area contributed by atoms with Gasteiger partial charge in [0.2, 0.25) is 0 Å². The Morgan fingerprint density at radius 1 is 1.06 bits per heavy atom. The van der Waals surface area contributed by atoms with Gasteiger partial charge in [0.1, 0.15) is 5.82 Å².